The van der Waals surface area contributed by atoms with Crippen molar-refractivity contribution < 1.29 is 17.9 Å². The molecule has 8 heteroatoms. The number of esters is 1. The molecule has 0 atom stereocenters. The van der Waals surface area contributed by atoms with Crippen LogP contribution in [0.3, 0.4) is 0 Å². The van der Waals surface area contributed by atoms with Gasteiger partial charge in [0, 0.05) is 28.0 Å². The average Bonchev–Trinajstić information content (AvgIpc) is 3.08. The molecular weight excluding hydrogens is 396 g/mol. The molecule has 28 heavy (non-hydrogen) atoms. The first kappa shape index (κ1) is 18.8. The van der Waals surface area contributed by atoms with E-state index in [9.17, 15) is 13.2 Å². The molecular formula is C20H18N2O4S2. The molecule has 0 saturated carbocycles. The number of nitrogens with zero attached hydrogens (tertiary/aromatic N) is 2. The van der Waals surface area contributed by atoms with Gasteiger partial charge in [0.15, 0.2) is 15.5 Å². The fraction of sp³-hybridized carbons (Fsp3) is 0.200. The van der Waals surface area contributed by atoms with Crippen molar-refractivity contribution in [1.82, 2.24) is 9.78 Å². The molecule has 0 aliphatic carbocycles. The number of benzene rings is 2. The third-order valence-electron chi connectivity index (χ3n) is 4.46. The quantitative estimate of drug-likeness (QED) is 0.606. The molecule has 0 fully saturated rings. The average molecular weight is 415 g/mol. The fourth-order valence-corrected chi connectivity index (χ4v) is 5.21. The third-order valence-corrected chi connectivity index (χ3v) is 6.70. The van der Waals surface area contributed by atoms with Gasteiger partial charge in [0.2, 0.25) is 0 Å². The SMILES string of the molecule is CCOC(=O)c1nn(-c2ccccc2S(C)(=O)=O)c2c1CSc1ccccc1-2. The molecule has 0 radical (unpaired) electrons. The molecule has 6 nitrogen and oxygen atoms in total. The number of carbonyl (C=O) groups excluding carboxylic acids is 1. The number of hydrogen-bond donors (Lipinski definition) is 0. The van der Waals surface area contributed by atoms with Crippen molar-refractivity contribution in [2.45, 2.75) is 22.5 Å². The number of hydrogen-bond acceptors (Lipinski definition) is 6. The molecule has 0 unspecified atom stereocenters. The summed E-state index contributed by atoms with van der Waals surface area (Å²) in [7, 11) is -3.49. The highest BCUT2D eigenvalue weighted by atomic mass is 32.2. The van der Waals surface area contributed by atoms with Crippen LogP contribution in [-0.4, -0.2) is 37.0 Å². The molecule has 0 saturated heterocycles. The second kappa shape index (κ2) is 7.10. The van der Waals surface area contributed by atoms with Crippen LogP contribution in [0.5, 0.6) is 0 Å². The van der Waals surface area contributed by atoms with Crippen molar-refractivity contribution in [3.05, 3.63) is 59.8 Å². The lowest BCUT2D eigenvalue weighted by Gasteiger charge is -2.19. The summed E-state index contributed by atoms with van der Waals surface area (Å²) < 4.78 is 31.4. The molecule has 1 aromatic heterocycles. The lowest BCUT2D eigenvalue weighted by atomic mass is 10.1. The number of sulfone groups is 1. The van der Waals surface area contributed by atoms with Crippen LogP contribution in [0.4, 0.5) is 0 Å². The van der Waals surface area contributed by atoms with E-state index in [4.69, 9.17) is 4.74 Å². The van der Waals surface area contributed by atoms with Gasteiger partial charge in [-0.1, -0.05) is 30.3 Å². The van der Waals surface area contributed by atoms with E-state index >= 15 is 0 Å². The summed E-state index contributed by atoms with van der Waals surface area (Å²) in [6.45, 7) is 1.98. The van der Waals surface area contributed by atoms with Gasteiger partial charge in [-0.25, -0.2) is 17.9 Å². The summed E-state index contributed by atoms with van der Waals surface area (Å²) >= 11 is 1.62. The minimum absolute atomic E-state index is 0.159. The van der Waals surface area contributed by atoms with E-state index in [0.29, 0.717) is 11.4 Å². The molecule has 0 bridgehead atoms. The first-order valence-corrected chi connectivity index (χ1v) is 11.6. The highest BCUT2D eigenvalue weighted by Crippen LogP contribution is 2.44. The number of ether oxygens (including phenoxy) is 1. The van der Waals surface area contributed by atoms with Crippen LogP contribution in [0.15, 0.2) is 58.3 Å². The molecule has 4 rings (SSSR count). The Morgan fingerprint density at radius 2 is 1.89 bits per heavy atom. The summed E-state index contributed by atoms with van der Waals surface area (Å²) in [5, 5.41) is 4.52. The molecule has 1 aliphatic heterocycles. The molecule has 0 amide bonds. The molecule has 2 heterocycles. The van der Waals surface area contributed by atoms with Gasteiger partial charge in [-0.2, -0.15) is 5.10 Å². The predicted molar refractivity (Wildman–Crippen MR) is 108 cm³/mol. The third kappa shape index (κ3) is 3.12. The monoisotopic (exact) mass is 414 g/mol. The molecule has 0 N–H and O–H groups in total. The van der Waals surface area contributed by atoms with Gasteiger partial charge in [-0.15, -0.1) is 11.8 Å². The molecule has 0 spiro atoms. The number of rotatable bonds is 4. The Balaban J connectivity index is 2.05. The van der Waals surface area contributed by atoms with Gasteiger partial charge in [-0.05, 0) is 25.1 Å². The standard InChI is InChI=1S/C20H18N2O4S2/c1-3-26-20(23)18-14-12-27-16-10-6-4-8-13(16)19(14)22(21-18)15-9-5-7-11-17(15)28(2,24)25/h4-11H,3,12H2,1-2H3. The fourth-order valence-electron chi connectivity index (χ4n) is 3.29. The van der Waals surface area contributed by atoms with Crippen LogP contribution < -0.4 is 0 Å². The van der Waals surface area contributed by atoms with E-state index in [1.54, 1.807) is 47.6 Å². The second-order valence-corrected chi connectivity index (χ2v) is 9.33. The van der Waals surface area contributed by atoms with Crippen LogP contribution in [0, 0.1) is 0 Å². The zero-order chi connectivity index (χ0) is 19.9. The maximum Gasteiger partial charge on any atom is 0.359 e. The first-order valence-electron chi connectivity index (χ1n) is 8.72. The summed E-state index contributed by atoms with van der Waals surface area (Å²) in [5.41, 5.74) is 3.04. The maximum absolute atomic E-state index is 12.5. The minimum Gasteiger partial charge on any atom is -0.461 e. The summed E-state index contributed by atoms with van der Waals surface area (Å²) in [4.78, 5) is 13.7. The largest absolute Gasteiger partial charge is 0.461 e. The van der Waals surface area contributed by atoms with Crippen molar-refractivity contribution in [3.63, 3.8) is 0 Å². The Kier molecular flexibility index (Phi) is 4.76. The van der Waals surface area contributed by atoms with Crippen molar-refractivity contribution >= 4 is 27.6 Å². The number of fused-ring (bicyclic) bond motifs is 3. The second-order valence-electron chi connectivity index (χ2n) is 6.33. The van der Waals surface area contributed by atoms with Crippen molar-refractivity contribution in [1.29, 1.82) is 0 Å². The highest BCUT2D eigenvalue weighted by Gasteiger charge is 2.31. The van der Waals surface area contributed by atoms with Crippen molar-refractivity contribution in [2.24, 2.45) is 0 Å². The van der Waals surface area contributed by atoms with Crippen LogP contribution in [-0.2, 0) is 20.3 Å². The van der Waals surface area contributed by atoms with Crippen LogP contribution in [0.1, 0.15) is 23.0 Å². The van der Waals surface area contributed by atoms with E-state index in [2.05, 4.69) is 5.10 Å². The highest BCUT2D eigenvalue weighted by molar-refractivity contribution is 7.98. The van der Waals surface area contributed by atoms with Gasteiger partial charge < -0.3 is 4.74 Å². The number of para-hydroxylation sites is 1. The topological polar surface area (TPSA) is 78.3 Å². The van der Waals surface area contributed by atoms with Crippen molar-refractivity contribution in [3.8, 4) is 16.9 Å². The summed E-state index contributed by atoms with van der Waals surface area (Å²) in [6.07, 6.45) is 1.16. The lowest BCUT2D eigenvalue weighted by Crippen LogP contribution is -2.10. The van der Waals surface area contributed by atoms with E-state index in [1.165, 1.54) is 0 Å². The zero-order valence-electron chi connectivity index (χ0n) is 15.4. The van der Waals surface area contributed by atoms with Crippen LogP contribution in [0.25, 0.3) is 16.9 Å². The maximum atomic E-state index is 12.5. The van der Waals surface area contributed by atoms with Gasteiger partial charge >= 0.3 is 5.97 Å². The zero-order valence-corrected chi connectivity index (χ0v) is 17.0. The van der Waals surface area contributed by atoms with Gasteiger partial charge in [0.1, 0.15) is 0 Å². The van der Waals surface area contributed by atoms with Crippen LogP contribution >= 0.6 is 11.8 Å². The van der Waals surface area contributed by atoms with E-state index in [0.717, 1.165) is 28.0 Å². The molecule has 1 aliphatic rings. The lowest BCUT2D eigenvalue weighted by molar-refractivity contribution is 0.0518. The van der Waals surface area contributed by atoms with Crippen molar-refractivity contribution in [2.75, 3.05) is 12.9 Å². The molecule has 3 aromatic rings. The summed E-state index contributed by atoms with van der Waals surface area (Å²) in [6, 6.07) is 14.5. The molecule has 2 aromatic carbocycles. The van der Waals surface area contributed by atoms with E-state index in [-0.39, 0.29) is 17.2 Å². The Morgan fingerprint density at radius 3 is 2.64 bits per heavy atom. The van der Waals surface area contributed by atoms with E-state index in [1.807, 2.05) is 24.3 Å². The van der Waals surface area contributed by atoms with Gasteiger partial charge in [-0.3, -0.25) is 0 Å². The number of thioether (sulfide) groups is 1. The Morgan fingerprint density at radius 1 is 1.18 bits per heavy atom. The smallest absolute Gasteiger partial charge is 0.359 e. The predicted octanol–water partition coefficient (Wildman–Crippen LogP) is 3.73. The van der Waals surface area contributed by atoms with E-state index < -0.39 is 15.8 Å². The van der Waals surface area contributed by atoms with Crippen LogP contribution in [0.2, 0.25) is 0 Å². The first-order chi connectivity index (χ1) is 13.4. The number of carbonyl (C=O) groups is 1. The van der Waals surface area contributed by atoms with Gasteiger partial charge in [0.05, 0.1) is 22.9 Å². The normalized spacial score (nSPS) is 12.9. The Hall–Kier alpha value is -2.58. The Bertz CT molecular complexity index is 1180. The molecule has 144 valence electrons. The summed E-state index contributed by atoms with van der Waals surface area (Å²) in [5.74, 6) is 0.0518. The Labute approximate surface area is 167 Å². The minimum atomic E-state index is -3.49. The number of aromatic nitrogens is 2. The van der Waals surface area contributed by atoms with Gasteiger partial charge in [0.25, 0.3) is 0 Å².